The zero-order valence-electron chi connectivity index (χ0n) is 13.2. The van der Waals surface area contributed by atoms with E-state index in [1.807, 2.05) is 6.07 Å². The van der Waals surface area contributed by atoms with Gasteiger partial charge in [-0.05, 0) is 17.7 Å². The lowest BCUT2D eigenvalue weighted by atomic mass is 10.2. The molecule has 0 aliphatic carbocycles. The number of hydrogen-bond acceptors (Lipinski definition) is 4. The molecule has 1 aliphatic heterocycles. The smallest absolute Gasteiger partial charge is 0.223 e. The van der Waals surface area contributed by atoms with Crippen LogP contribution < -0.4 is 4.72 Å². The second-order valence-corrected chi connectivity index (χ2v) is 7.54. The van der Waals surface area contributed by atoms with Gasteiger partial charge < -0.3 is 4.90 Å². The van der Waals surface area contributed by atoms with Crippen LogP contribution in [-0.2, 0) is 21.4 Å². The van der Waals surface area contributed by atoms with Crippen LogP contribution in [0.4, 0.5) is 4.39 Å². The molecule has 1 heterocycles. The third-order valence-electron chi connectivity index (χ3n) is 3.72. The van der Waals surface area contributed by atoms with Crippen molar-refractivity contribution in [1.82, 2.24) is 14.5 Å². The Morgan fingerprint density at radius 1 is 1.26 bits per heavy atom. The summed E-state index contributed by atoms with van der Waals surface area (Å²) in [5.41, 5.74) is 0.919. The molecule has 1 aromatic rings. The predicted octanol–water partition coefficient (Wildman–Crippen LogP) is 0.409. The molecule has 0 atom stereocenters. The maximum Gasteiger partial charge on any atom is 0.223 e. The van der Waals surface area contributed by atoms with E-state index < -0.39 is 10.0 Å². The lowest BCUT2D eigenvalue weighted by molar-refractivity contribution is -0.132. The van der Waals surface area contributed by atoms with Gasteiger partial charge in [0.1, 0.15) is 5.82 Å². The number of piperazine rings is 1. The summed E-state index contributed by atoms with van der Waals surface area (Å²) in [6.07, 6.45) is 1.24. The highest BCUT2D eigenvalue weighted by Crippen LogP contribution is 2.10. The molecule has 1 fully saturated rings. The number of nitrogens with zero attached hydrogens (tertiary/aromatic N) is 2. The van der Waals surface area contributed by atoms with Gasteiger partial charge in [-0.25, -0.2) is 17.5 Å². The topological polar surface area (TPSA) is 69.7 Å². The number of nitrogens with one attached hydrogen (secondary N) is 1. The van der Waals surface area contributed by atoms with Gasteiger partial charge in [0.2, 0.25) is 15.9 Å². The van der Waals surface area contributed by atoms with Crippen molar-refractivity contribution >= 4 is 15.9 Å². The van der Waals surface area contributed by atoms with Crippen LogP contribution in [0.1, 0.15) is 12.0 Å². The number of benzene rings is 1. The van der Waals surface area contributed by atoms with E-state index in [-0.39, 0.29) is 24.7 Å². The van der Waals surface area contributed by atoms with Crippen LogP contribution in [0, 0.1) is 5.82 Å². The van der Waals surface area contributed by atoms with Crippen molar-refractivity contribution in [2.24, 2.45) is 0 Å². The minimum Gasteiger partial charge on any atom is -0.340 e. The number of halogens is 1. The molecule has 1 saturated heterocycles. The van der Waals surface area contributed by atoms with Crippen molar-refractivity contribution in [3.8, 4) is 0 Å². The first-order valence-electron chi connectivity index (χ1n) is 7.53. The summed E-state index contributed by atoms with van der Waals surface area (Å²) >= 11 is 0. The highest BCUT2D eigenvalue weighted by atomic mass is 32.2. The summed E-state index contributed by atoms with van der Waals surface area (Å²) in [5, 5.41) is 0. The molecule has 0 saturated carbocycles. The molecule has 2 rings (SSSR count). The molecule has 1 aliphatic rings. The lowest BCUT2D eigenvalue weighted by Crippen LogP contribution is -2.48. The predicted molar refractivity (Wildman–Crippen MR) is 85.7 cm³/mol. The van der Waals surface area contributed by atoms with Crippen molar-refractivity contribution in [2.75, 3.05) is 39.0 Å². The number of rotatable bonds is 6. The fourth-order valence-corrected chi connectivity index (χ4v) is 3.02. The van der Waals surface area contributed by atoms with Gasteiger partial charge in [-0.1, -0.05) is 12.1 Å². The standard InChI is InChI=1S/C15H22FN3O3S/c1-23(21,22)17-6-5-15(20)19-9-7-18(8-10-19)12-13-3-2-4-14(16)11-13/h2-4,11,17H,5-10,12H2,1H3. The Labute approximate surface area is 136 Å². The molecule has 1 amide bonds. The van der Waals surface area contributed by atoms with Gasteiger partial charge in [0.05, 0.1) is 6.26 Å². The minimum atomic E-state index is -3.26. The van der Waals surface area contributed by atoms with Crippen LogP contribution in [0.5, 0.6) is 0 Å². The largest absolute Gasteiger partial charge is 0.340 e. The van der Waals surface area contributed by atoms with Crippen LogP contribution in [0.3, 0.4) is 0 Å². The van der Waals surface area contributed by atoms with E-state index >= 15 is 0 Å². The Morgan fingerprint density at radius 3 is 2.57 bits per heavy atom. The van der Waals surface area contributed by atoms with Gasteiger partial charge >= 0.3 is 0 Å². The van der Waals surface area contributed by atoms with Crippen LogP contribution in [0.15, 0.2) is 24.3 Å². The summed E-state index contributed by atoms with van der Waals surface area (Å²) in [5.74, 6) is -0.291. The van der Waals surface area contributed by atoms with Crippen molar-refractivity contribution in [1.29, 1.82) is 0 Å². The SMILES string of the molecule is CS(=O)(=O)NCCC(=O)N1CCN(Cc2cccc(F)c2)CC1. The van der Waals surface area contributed by atoms with E-state index in [1.54, 1.807) is 11.0 Å². The van der Waals surface area contributed by atoms with Gasteiger partial charge in [-0.2, -0.15) is 0 Å². The van der Waals surface area contributed by atoms with E-state index in [4.69, 9.17) is 0 Å². The first-order chi connectivity index (χ1) is 10.8. The van der Waals surface area contributed by atoms with Gasteiger partial charge in [-0.15, -0.1) is 0 Å². The van der Waals surface area contributed by atoms with Crippen LogP contribution in [0.25, 0.3) is 0 Å². The fraction of sp³-hybridized carbons (Fsp3) is 0.533. The van der Waals surface area contributed by atoms with Crippen molar-refractivity contribution < 1.29 is 17.6 Å². The van der Waals surface area contributed by atoms with E-state index in [2.05, 4.69) is 9.62 Å². The Kier molecular flexibility index (Phi) is 6.09. The molecule has 0 bridgehead atoms. The molecule has 0 aromatic heterocycles. The zero-order valence-corrected chi connectivity index (χ0v) is 14.0. The highest BCUT2D eigenvalue weighted by Gasteiger charge is 2.21. The summed E-state index contributed by atoms with van der Waals surface area (Å²) in [4.78, 5) is 15.9. The van der Waals surface area contributed by atoms with Gasteiger partial charge in [-0.3, -0.25) is 9.69 Å². The average Bonchev–Trinajstić information content (AvgIpc) is 2.46. The van der Waals surface area contributed by atoms with E-state index in [9.17, 15) is 17.6 Å². The number of amides is 1. The molecule has 0 radical (unpaired) electrons. The Bertz CT molecular complexity index is 643. The summed E-state index contributed by atoms with van der Waals surface area (Å²) in [6.45, 7) is 3.44. The molecule has 1 aromatic carbocycles. The Hall–Kier alpha value is -1.51. The van der Waals surface area contributed by atoms with Gasteiger partial charge in [0.15, 0.2) is 0 Å². The molecule has 8 heteroatoms. The molecule has 0 unspecified atom stereocenters. The van der Waals surface area contributed by atoms with Crippen LogP contribution in [0.2, 0.25) is 0 Å². The number of hydrogen-bond donors (Lipinski definition) is 1. The number of sulfonamides is 1. The Morgan fingerprint density at radius 2 is 1.96 bits per heavy atom. The highest BCUT2D eigenvalue weighted by molar-refractivity contribution is 7.88. The van der Waals surface area contributed by atoms with Crippen molar-refractivity contribution in [2.45, 2.75) is 13.0 Å². The first-order valence-corrected chi connectivity index (χ1v) is 9.42. The quantitative estimate of drug-likeness (QED) is 0.812. The minimum absolute atomic E-state index is 0.0495. The lowest BCUT2D eigenvalue weighted by Gasteiger charge is -2.34. The summed E-state index contributed by atoms with van der Waals surface area (Å²) in [7, 11) is -3.26. The van der Waals surface area contributed by atoms with E-state index in [1.165, 1.54) is 12.1 Å². The normalized spacial score (nSPS) is 16.5. The average molecular weight is 343 g/mol. The molecular weight excluding hydrogens is 321 g/mol. The maximum absolute atomic E-state index is 13.2. The van der Waals surface area contributed by atoms with Crippen molar-refractivity contribution in [3.05, 3.63) is 35.6 Å². The van der Waals surface area contributed by atoms with Crippen molar-refractivity contribution in [3.63, 3.8) is 0 Å². The van der Waals surface area contributed by atoms with E-state index in [0.29, 0.717) is 19.6 Å². The van der Waals surface area contributed by atoms with Gasteiger partial charge in [0, 0.05) is 45.7 Å². The molecule has 23 heavy (non-hydrogen) atoms. The fourth-order valence-electron chi connectivity index (χ4n) is 2.55. The van der Waals surface area contributed by atoms with Crippen LogP contribution >= 0.6 is 0 Å². The first kappa shape index (κ1) is 17.8. The Balaban J connectivity index is 1.74. The van der Waals surface area contributed by atoms with E-state index in [0.717, 1.165) is 24.9 Å². The molecule has 128 valence electrons. The zero-order chi connectivity index (χ0) is 16.9. The third-order valence-corrected chi connectivity index (χ3v) is 4.45. The second-order valence-electron chi connectivity index (χ2n) is 5.70. The molecule has 0 spiro atoms. The monoisotopic (exact) mass is 343 g/mol. The molecule has 6 nitrogen and oxygen atoms in total. The van der Waals surface area contributed by atoms with Gasteiger partial charge in [0.25, 0.3) is 0 Å². The summed E-state index contributed by atoms with van der Waals surface area (Å²) in [6, 6.07) is 6.52. The molecule has 1 N–H and O–H groups in total. The number of carbonyl (C=O) groups excluding carboxylic acids is 1. The molecular formula is C15H22FN3O3S. The third kappa shape index (κ3) is 6.25. The summed E-state index contributed by atoms with van der Waals surface area (Å²) < 4.78 is 37.4. The second kappa shape index (κ2) is 7.85. The maximum atomic E-state index is 13.2. The van der Waals surface area contributed by atoms with Crippen LogP contribution in [-0.4, -0.2) is 63.1 Å². The number of carbonyl (C=O) groups is 1.